The number of carbonyl (C=O) groups excluding carboxylic acids is 5. The van der Waals surface area contributed by atoms with Crippen molar-refractivity contribution in [3.05, 3.63) is 47.6 Å². The lowest BCUT2D eigenvalue weighted by molar-refractivity contribution is -0.265. The maximum absolute atomic E-state index is 14.8. The van der Waals surface area contributed by atoms with Crippen LogP contribution in [0.25, 0.3) is 0 Å². The SMILES string of the molecule is COCCOCCOCCOCCCC(=O)O[C@@H]1CC[C@@H](C[C@@H](C)[C@@H]2C[C@@H](OC)[C@H](C)/C=C(\C)[C@@H](O)[C@@H](OC)C(=O)C(C)C[C@H](C)/C=C/C=C/C=C(\C)[C@@H](OC)C[C@@H]3CC[C@@H](C)[C@@](O)(O3)C(=O)C(=O)N3CCCC[C@H]3C(=O)O2)C[C@H]1OC. The maximum Gasteiger partial charge on any atom is 0.329 e. The van der Waals surface area contributed by atoms with Crippen molar-refractivity contribution in [1.29, 1.82) is 0 Å². The first-order chi connectivity index (χ1) is 39.2. The molecule has 0 radical (unpaired) electrons. The van der Waals surface area contributed by atoms with E-state index >= 15 is 0 Å². The minimum atomic E-state index is -2.43. The Morgan fingerprint density at radius 1 is 0.744 bits per heavy atom. The van der Waals surface area contributed by atoms with Crippen LogP contribution in [0.2, 0.25) is 0 Å². The van der Waals surface area contributed by atoms with E-state index in [1.807, 2.05) is 71.1 Å². The topological polar surface area (TPSA) is 231 Å². The average Bonchev–Trinajstić information content (AvgIpc) is 3.47. The van der Waals surface area contributed by atoms with Gasteiger partial charge in [0.15, 0.2) is 5.78 Å². The number of aliphatic hydroxyl groups excluding tert-OH is 1. The Bertz CT molecular complexity index is 2080. The number of allylic oxidation sites excluding steroid dienone is 5. The lowest BCUT2D eigenvalue weighted by atomic mass is 9.78. The van der Waals surface area contributed by atoms with Crippen LogP contribution in [-0.2, 0) is 76.1 Å². The number of nitrogens with zero attached hydrogens (tertiary/aromatic N) is 1. The zero-order chi connectivity index (χ0) is 60.4. The van der Waals surface area contributed by atoms with Gasteiger partial charge < -0.3 is 67.2 Å². The minimum Gasteiger partial charge on any atom is -0.460 e. The number of hydrogen-bond donors (Lipinski definition) is 2. The van der Waals surface area contributed by atoms with Gasteiger partial charge in [-0.15, -0.1) is 0 Å². The van der Waals surface area contributed by atoms with Crippen molar-refractivity contribution in [3.8, 4) is 0 Å². The molecule has 82 heavy (non-hydrogen) atoms. The van der Waals surface area contributed by atoms with Crippen molar-refractivity contribution < 1.29 is 86.3 Å². The zero-order valence-electron chi connectivity index (χ0n) is 51.6. The summed E-state index contributed by atoms with van der Waals surface area (Å²) in [5, 5.41) is 23.8. The van der Waals surface area contributed by atoms with Crippen LogP contribution < -0.4 is 0 Å². The molecule has 3 aliphatic heterocycles. The fourth-order valence-corrected chi connectivity index (χ4v) is 11.9. The number of hydrogen-bond acceptors (Lipinski definition) is 18. The summed E-state index contributed by atoms with van der Waals surface area (Å²) < 4.78 is 63.9. The Balaban J connectivity index is 1.57. The summed E-state index contributed by atoms with van der Waals surface area (Å²) in [5.41, 5.74) is 1.40. The molecule has 468 valence electrons. The van der Waals surface area contributed by atoms with Gasteiger partial charge in [-0.2, -0.15) is 0 Å². The lowest BCUT2D eigenvalue weighted by Crippen LogP contribution is -2.61. The van der Waals surface area contributed by atoms with Crippen molar-refractivity contribution in [2.24, 2.45) is 35.5 Å². The fourth-order valence-electron chi connectivity index (χ4n) is 11.9. The molecule has 19 nitrogen and oxygen atoms in total. The number of esters is 2. The number of ketones is 2. The van der Waals surface area contributed by atoms with E-state index in [2.05, 4.69) is 0 Å². The standard InChI is InChI=1S/C63H103NO18/c1-41-19-14-13-15-20-42(2)52(73-9)39-49-25-23-47(7)63(71,82-49)60(68)61(69)64-27-17-16-21-50(64)62(70)81-54(40-53(74-10)43(3)36-46(6)58(67)59(76-12)57(66)45(5)35-41)44(4)37-48-24-26-51(55(38-48)75-11)80-56(65)22-18-28-77-31-32-79-34-33-78-30-29-72-8/h13-15,19-20,36,41,43-45,47-55,58-59,67,71H,16-18,21-35,37-40H2,1-12H3/b15-13+,19-14+,42-20+,46-36+/t41-,43-,44-,45?,47-,48+,49+,50+,51-,52+,53-,54+,55-,58-,59+,63-/m1/s1. The van der Waals surface area contributed by atoms with Crippen molar-refractivity contribution in [3.63, 3.8) is 0 Å². The number of aliphatic hydroxyl groups is 2. The Kier molecular flexibility index (Phi) is 31.9. The molecular weight excluding hydrogens is 1060 g/mol. The predicted molar refractivity (Wildman–Crippen MR) is 308 cm³/mol. The highest BCUT2D eigenvalue weighted by Crippen LogP contribution is 2.38. The number of Topliss-reactive ketones (excluding diaryl/α,β-unsaturated/α-hetero) is 2. The molecule has 2 bridgehead atoms. The molecule has 2 N–H and O–H groups in total. The number of fused-ring (bicyclic) bond motifs is 3. The highest BCUT2D eigenvalue weighted by molar-refractivity contribution is 6.39. The molecule has 1 unspecified atom stereocenters. The molecule has 3 heterocycles. The molecule has 0 spiro atoms. The summed E-state index contributed by atoms with van der Waals surface area (Å²) in [6, 6.07) is -1.11. The molecule has 19 heteroatoms. The Morgan fingerprint density at radius 3 is 2.09 bits per heavy atom. The quantitative estimate of drug-likeness (QED) is 0.0486. The maximum atomic E-state index is 14.8. The van der Waals surface area contributed by atoms with Crippen LogP contribution in [-0.4, -0.2) is 194 Å². The normalized spacial score (nSPS) is 35.3. The molecule has 0 aromatic carbocycles. The average molecular weight is 1160 g/mol. The van der Waals surface area contributed by atoms with Crippen molar-refractivity contribution >= 4 is 29.4 Å². The third-order valence-corrected chi connectivity index (χ3v) is 17.0. The molecule has 0 aromatic rings. The van der Waals surface area contributed by atoms with E-state index in [0.29, 0.717) is 116 Å². The Labute approximate surface area is 489 Å². The molecule has 1 saturated carbocycles. The van der Waals surface area contributed by atoms with Crippen molar-refractivity contribution in [2.45, 2.75) is 199 Å². The molecule has 1 aliphatic carbocycles. The van der Waals surface area contributed by atoms with Gasteiger partial charge in [0.1, 0.15) is 30.5 Å². The van der Waals surface area contributed by atoms with Gasteiger partial charge in [-0.25, -0.2) is 4.79 Å². The van der Waals surface area contributed by atoms with Gasteiger partial charge in [-0.05, 0) is 113 Å². The number of rotatable bonds is 21. The van der Waals surface area contributed by atoms with Crippen LogP contribution in [0.15, 0.2) is 47.6 Å². The van der Waals surface area contributed by atoms with Crippen LogP contribution in [0, 0.1) is 35.5 Å². The second-order valence-electron chi connectivity index (χ2n) is 23.4. The monoisotopic (exact) mass is 1160 g/mol. The second-order valence-corrected chi connectivity index (χ2v) is 23.4. The number of carbonyl (C=O) groups is 5. The van der Waals surface area contributed by atoms with Gasteiger partial charge in [-0.1, -0.05) is 71.1 Å². The summed E-state index contributed by atoms with van der Waals surface area (Å²) in [5.74, 6) is -7.40. The predicted octanol–water partition coefficient (Wildman–Crippen LogP) is 7.65. The van der Waals surface area contributed by atoms with Gasteiger partial charge in [0, 0.05) is 85.7 Å². The third kappa shape index (κ3) is 22.0. The first-order valence-corrected chi connectivity index (χ1v) is 30.1. The summed E-state index contributed by atoms with van der Waals surface area (Å²) in [4.78, 5) is 71.9. The minimum absolute atomic E-state index is 0.0262. The fraction of sp³-hybridized carbons (Fsp3) is 0.794. The van der Waals surface area contributed by atoms with E-state index in [-0.39, 0.29) is 67.3 Å². The van der Waals surface area contributed by atoms with Crippen LogP contribution in [0.1, 0.15) is 138 Å². The van der Waals surface area contributed by atoms with E-state index in [9.17, 15) is 34.2 Å². The van der Waals surface area contributed by atoms with E-state index in [1.54, 1.807) is 42.3 Å². The molecule has 4 aliphatic rings. The lowest BCUT2D eigenvalue weighted by Gasteiger charge is -2.43. The van der Waals surface area contributed by atoms with Crippen molar-refractivity contribution in [2.75, 3.05) is 88.3 Å². The number of cyclic esters (lactones) is 1. The Morgan fingerprint density at radius 2 is 1.43 bits per heavy atom. The van der Waals surface area contributed by atoms with E-state index in [4.69, 9.17) is 52.1 Å². The molecular formula is C63H103NO18. The van der Waals surface area contributed by atoms with E-state index < -0.39 is 84.1 Å². The van der Waals surface area contributed by atoms with E-state index in [0.717, 1.165) is 12.0 Å². The molecule has 4 rings (SSSR count). The summed E-state index contributed by atoms with van der Waals surface area (Å²) in [6.45, 7) is 16.5. The van der Waals surface area contributed by atoms with Gasteiger partial charge in [0.2, 0.25) is 5.79 Å². The van der Waals surface area contributed by atoms with Crippen LogP contribution in [0.3, 0.4) is 0 Å². The van der Waals surface area contributed by atoms with E-state index in [1.165, 1.54) is 12.0 Å². The van der Waals surface area contributed by atoms with Gasteiger partial charge in [0.25, 0.3) is 11.7 Å². The van der Waals surface area contributed by atoms with Crippen LogP contribution in [0.5, 0.6) is 0 Å². The van der Waals surface area contributed by atoms with Gasteiger partial charge in [-0.3, -0.25) is 19.2 Å². The summed E-state index contributed by atoms with van der Waals surface area (Å²) in [6.07, 6.45) is 12.6. The molecule has 2 saturated heterocycles. The summed E-state index contributed by atoms with van der Waals surface area (Å²) in [7, 11) is 7.82. The first-order valence-electron chi connectivity index (χ1n) is 30.1. The number of piperidine rings is 1. The highest BCUT2D eigenvalue weighted by atomic mass is 16.6. The van der Waals surface area contributed by atoms with Gasteiger partial charge in [0.05, 0.1) is 64.1 Å². The number of ether oxygens (including phenoxy) is 11. The molecule has 16 atom stereocenters. The van der Waals surface area contributed by atoms with Crippen LogP contribution >= 0.6 is 0 Å². The smallest absolute Gasteiger partial charge is 0.329 e. The Hall–Kier alpha value is -3.73. The molecule has 1 amide bonds. The highest BCUT2D eigenvalue weighted by Gasteiger charge is 2.53. The number of methoxy groups -OCH3 is 5. The second kappa shape index (κ2) is 37.0. The first kappa shape index (κ1) is 70.8. The largest absolute Gasteiger partial charge is 0.460 e. The zero-order valence-corrected chi connectivity index (χ0v) is 51.6. The van der Waals surface area contributed by atoms with Crippen molar-refractivity contribution in [1.82, 2.24) is 4.90 Å². The third-order valence-electron chi connectivity index (χ3n) is 17.0. The summed E-state index contributed by atoms with van der Waals surface area (Å²) >= 11 is 0. The van der Waals surface area contributed by atoms with Gasteiger partial charge >= 0.3 is 11.9 Å². The molecule has 0 aromatic heterocycles. The van der Waals surface area contributed by atoms with Crippen LogP contribution in [0.4, 0.5) is 0 Å². The number of amides is 1. The molecule has 3 fully saturated rings.